The SMILES string of the molecule is CCCNCc1cc(F)ccc1OCCN(CC)CC. The van der Waals surface area contributed by atoms with E-state index in [-0.39, 0.29) is 5.82 Å². The van der Waals surface area contributed by atoms with Gasteiger partial charge in [-0.2, -0.15) is 0 Å². The minimum atomic E-state index is -0.214. The first-order valence-electron chi connectivity index (χ1n) is 7.55. The number of likely N-dealkylation sites (N-methyl/N-ethyl adjacent to an activating group) is 1. The van der Waals surface area contributed by atoms with Gasteiger partial charge in [-0.1, -0.05) is 20.8 Å². The van der Waals surface area contributed by atoms with Crippen LogP contribution in [0, 0.1) is 5.82 Å². The summed E-state index contributed by atoms with van der Waals surface area (Å²) in [7, 11) is 0. The largest absolute Gasteiger partial charge is 0.492 e. The average molecular weight is 282 g/mol. The van der Waals surface area contributed by atoms with Gasteiger partial charge in [0.05, 0.1) is 0 Å². The van der Waals surface area contributed by atoms with E-state index in [9.17, 15) is 4.39 Å². The van der Waals surface area contributed by atoms with Gasteiger partial charge in [0.2, 0.25) is 0 Å². The third-order valence-electron chi connectivity index (χ3n) is 3.32. The van der Waals surface area contributed by atoms with Crippen LogP contribution in [0.5, 0.6) is 5.75 Å². The Labute approximate surface area is 122 Å². The van der Waals surface area contributed by atoms with Gasteiger partial charge in [-0.25, -0.2) is 4.39 Å². The Morgan fingerprint density at radius 3 is 2.60 bits per heavy atom. The summed E-state index contributed by atoms with van der Waals surface area (Å²) in [5.41, 5.74) is 0.887. The standard InChI is InChI=1S/C16H27FN2O/c1-4-9-18-13-14-12-15(17)7-8-16(14)20-11-10-19(5-2)6-3/h7-8,12,18H,4-6,9-11,13H2,1-3H3. The van der Waals surface area contributed by atoms with Crippen molar-refractivity contribution < 1.29 is 9.13 Å². The van der Waals surface area contributed by atoms with Crippen molar-refractivity contribution in [2.75, 3.05) is 32.8 Å². The highest BCUT2D eigenvalue weighted by molar-refractivity contribution is 5.33. The molecule has 0 unspecified atom stereocenters. The van der Waals surface area contributed by atoms with Gasteiger partial charge >= 0.3 is 0 Å². The Kier molecular flexibility index (Phi) is 8.23. The van der Waals surface area contributed by atoms with Crippen LogP contribution >= 0.6 is 0 Å². The third kappa shape index (κ3) is 5.88. The van der Waals surface area contributed by atoms with E-state index in [0.717, 1.165) is 43.9 Å². The fourth-order valence-corrected chi connectivity index (χ4v) is 2.05. The second-order valence-electron chi connectivity index (χ2n) is 4.80. The van der Waals surface area contributed by atoms with Crippen molar-refractivity contribution in [1.29, 1.82) is 0 Å². The third-order valence-corrected chi connectivity index (χ3v) is 3.32. The van der Waals surface area contributed by atoms with Crippen LogP contribution in [0.3, 0.4) is 0 Å². The predicted octanol–water partition coefficient (Wildman–Crippen LogP) is 3.05. The molecule has 0 aromatic heterocycles. The summed E-state index contributed by atoms with van der Waals surface area (Å²) in [6.45, 7) is 11.5. The summed E-state index contributed by atoms with van der Waals surface area (Å²) in [5.74, 6) is 0.566. The molecule has 4 heteroatoms. The van der Waals surface area contributed by atoms with Crippen molar-refractivity contribution in [3.63, 3.8) is 0 Å². The molecule has 0 bridgehead atoms. The summed E-state index contributed by atoms with van der Waals surface area (Å²) >= 11 is 0. The first kappa shape index (κ1) is 16.9. The molecule has 0 radical (unpaired) electrons. The fourth-order valence-electron chi connectivity index (χ4n) is 2.05. The maximum Gasteiger partial charge on any atom is 0.124 e. The summed E-state index contributed by atoms with van der Waals surface area (Å²) in [5, 5.41) is 3.28. The molecule has 0 saturated carbocycles. The van der Waals surface area contributed by atoms with Gasteiger partial charge < -0.3 is 15.0 Å². The van der Waals surface area contributed by atoms with Crippen molar-refractivity contribution in [2.45, 2.75) is 33.7 Å². The van der Waals surface area contributed by atoms with Crippen LogP contribution in [-0.2, 0) is 6.54 Å². The number of benzene rings is 1. The Balaban J connectivity index is 2.54. The van der Waals surface area contributed by atoms with E-state index >= 15 is 0 Å². The van der Waals surface area contributed by atoms with Crippen LogP contribution in [0.25, 0.3) is 0 Å². The highest BCUT2D eigenvalue weighted by Crippen LogP contribution is 2.19. The quantitative estimate of drug-likeness (QED) is 0.668. The number of ether oxygens (including phenoxy) is 1. The smallest absolute Gasteiger partial charge is 0.124 e. The number of rotatable bonds is 10. The Bertz CT molecular complexity index is 381. The van der Waals surface area contributed by atoms with Crippen LogP contribution in [0.2, 0.25) is 0 Å². The molecule has 0 heterocycles. The van der Waals surface area contributed by atoms with Crippen LogP contribution in [0.4, 0.5) is 4.39 Å². The Hall–Kier alpha value is -1.13. The lowest BCUT2D eigenvalue weighted by atomic mass is 10.2. The second-order valence-corrected chi connectivity index (χ2v) is 4.80. The number of hydrogen-bond acceptors (Lipinski definition) is 3. The van der Waals surface area contributed by atoms with Gasteiger partial charge in [0.15, 0.2) is 0 Å². The maximum absolute atomic E-state index is 13.3. The zero-order valence-electron chi connectivity index (χ0n) is 12.9. The highest BCUT2D eigenvalue weighted by Gasteiger charge is 2.06. The maximum atomic E-state index is 13.3. The summed E-state index contributed by atoms with van der Waals surface area (Å²) in [6, 6.07) is 4.73. The minimum absolute atomic E-state index is 0.214. The van der Waals surface area contributed by atoms with E-state index < -0.39 is 0 Å². The van der Waals surface area contributed by atoms with Crippen LogP contribution in [0.1, 0.15) is 32.8 Å². The molecule has 1 aromatic rings. The molecular weight excluding hydrogens is 255 g/mol. The van der Waals surface area contributed by atoms with Crippen LogP contribution in [0.15, 0.2) is 18.2 Å². The van der Waals surface area contributed by atoms with E-state index in [1.807, 2.05) is 0 Å². The number of nitrogens with zero attached hydrogens (tertiary/aromatic N) is 1. The molecule has 0 spiro atoms. The first-order chi connectivity index (χ1) is 9.71. The van der Waals surface area contributed by atoms with Gasteiger partial charge in [-0.05, 0) is 44.3 Å². The monoisotopic (exact) mass is 282 g/mol. The van der Waals surface area contributed by atoms with Crippen molar-refractivity contribution in [3.8, 4) is 5.75 Å². The second kappa shape index (κ2) is 9.72. The molecule has 114 valence electrons. The zero-order valence-corrected chi connectivity index (χ0v) is 12.9. The van der Waals surface area contributed by atoms with Crippen molar-refractivity contribution in [1.82, 2.24) is 10.2 Å². The molecule has 0 saturated heterocycles. The van der Waals surface area contributed by atoms with Gasteiger partial charge in [0, 0.05) is 18.7 Å². The topological polar surface area (TPSA) is 24.5 Å². The summed E-state index contributed by atoms with van der Waals surface area (Å²) < 4.78 is 19.1. The van der Waals surface area contributed by atoms with Gasteiger partial charge in [-0.15, -0.1) is 0 Å². The molecule has 0 fully saturated rings. The zero-order chi connectivity index (χ0) is 14.8. The van der Waals surface area contributed by atoms with Crippen LogP contribution < -0.4 is 10.1 Å². The van der Waals surface area contributed by atoms with Crippen molar-refractivity contribution >= 4 is 0 Å². The molecule has 0 aliphatic carbocycles. The van der Waals surface area contributed by atoms with Gasteiger partial charge in [0.25, 0.3) is 0 Å². The van der Waals surface area contributed by atoms with E-state index in [2.05, 4.69) is 31.0 Å². The van der Waals surface area contributed by atoms with Crippen molar-refractivity contribution in [3.05, 3.63) is 29.6 Å². The van der Waals surface area contributed by atoms with Gasteiger partial charge in [-0.3, -0.25) is 0 Å². The van der Waals surface area contributed by atoms with E-state index in [4.69, 9.17) is 4.74 Å². The van der Waals surface area contributed by atoms with Crippen molar-refractivity contribution in [2.24, 2.45) is 0 Å². The molecular formula is C16H27FN2O. The Morgan fingerprint density at radius 1 is 1.20 bits per heavy atom. The molecule has 0 aliphatic heterocycles. The molecule has 1 N–H and O–H groups in total. The first-order valence-corrected chi connectivity index (χ1v) is 7.55. The lowest BCUT2D eigenvalue weighted by Crippen LogP contribution is -2.28. The molecule has 20 heavy (non-hydrogen) atoms. The summed E-state index contributed by atoms with van der Waals surface area (Å²) in [6.07, 6.45) is 1.06. The minimum Gasteiger partial charge on any atom is -0.492 e. The average Bonchev–Trinajstić information content (AvgIpc) is 2.46. The summed E-state index contributed by atoms with van der Waals surface area (Å²) in [4.78, 5) is 2.30. The van der Waals surface area contributed by atoms with Crippen LogP contribution in [-0.4, -0.2) is 37.7 Å². The van der Waals surface area contributed by atoms with E-state index in [1.165, 1.54) is 6.07 Å². The fraction of sp³-hybridized carbons (Fsp3) is 0.625. The number of halogens is 1. The number of hydrogen-bond donors (Lipinski definition) is 1. The molecule has 0 atom stereocenters. The van der Waals surface area contributed by atoms with E-state index in [1.54, 1.807) is 12.1 Å². The van der Waals surface area contributed by atoms with E-state index in [0.29, 0.717) is 13.2 Å². The molecule has 1 aromatic carbocycles. The number of nitrogens with one attached hydrogen (secondary N) is 1. The lowest BCUT2D eigenvalue weighted by molar-refractivity contribution is 0.221. The lowest BCUT2D eigenvalue weighted by Gasteiger charge is -2.19. The van der Waals surface area contributed by atoms with Gasteiger partial charge in [0.1, 0.15) is 18.2 Å². The Morgan fingerprint density at radius 2 is 1.95 bits per heavy atom. The normalized spacial score (nSPS) is 11.1. The predicted molar refractivity (Wildman–Crippen MR) is 81.7 cm³/mol. The molecule has 0 amide bonds. The molecule has 3 nitrogen and oxygen atoms in total. The highest BCUT2D eigenvalue weighted by atomic mass is 19.1. The molecule has 0 aliphatic rings. The molecule has 1 rings (SSSR count).